The maximum Gasteiger partial charge on any atom is 0.260 e. The maximum absolute atomic E-state index is 12.5. The van der Waals surface area contributed by atoms with Crippen LogP contribution in [0.3, 0.4) is 0 Å². The van der Waals surface area contributed by atoms with Gasteiger partial charge in [0, 0.05) is 5.69 Å². The van der Waals surface area contributed by atoms with E-state index in [1.807, 2.05) is 18.2 Å². The number of anilines is 1. The van der Waals surface area contributed by atoms with Gasteiger partial charge in [-0.15, -0.1) is 0 Å². The molecule has 1 amide bonds. The summed E-state index contributed by atoms with van der Waals surface area (Å²) in [5.74, 6) is 0.190. The predicted molar refractivity (Wildman–Crippen MR) is 144 cm³/mol. The Labute approximate surface area is 222 Å². The smallest absolute Gasteiger partial charge is 0.260 e. The van der Waals surface area contributed by atoms with Gasteiger partial charge >= 0.3 is 0 Å². The van der Waals surface area contributed by atoms with Gasteiger partial charge in [-0.05, 0) is 65.6 Å². The van der Waals surface area contributed by atoms with Crippen LogP contribution in [0.5, 0.6) is 5.75 Å². The fraction of sp³-hybridized carbons (Fsp3) is 0.160. The molecule has 0 radical (unpaired) electrons. The van der Waals surface area contributed by atoms with Crippen molar-refractivity contribution >= 4 is 75.8 Å². The van der Waals surface area contributed by atoms with Crippen LogP contribution < -0.4 is 15.4 Å². The van der Waals surface area contributed by atoms with Crippen molar-refractivity contribution < 1.29 is 9.53 Å². The number of rotatable bonds is 7. The Balaban J connectivity index is 1.43. The van der Waals surface area contributed by atoms with Gasteiger partial charge in [0.05, 0.1) is 25.0 Å². The van der Waals surface area contributed by atoms with Crippen LogP contribution in [0, 0.1) is 0 Å². The van der Waals surface area contributed by atoms with Crippen molar-refractivity contribution in [3.63, 3.8) is 0 Å². The Morgan fingerprint density at radius 1 is 0.941 bits per heavy atom. The molecule has 1 heterocycles. The average Bonchev–Trinajstić information content (AvgIpc) is 3.14. The van der Waals surface area contributed by atoms with E-state index in [4.69, 9.17) is 51.1 Å². The number of amides is 1. The first kappa shape index (κ1) is 25.1. The van der Waals surface area contributed by atoms with Crippen molar-refractivity contribution in [2.24, 2.45) is 0 Å². The van der Waals surface area contributed by atoms with Crippen LogP contribution >= 0.6 is 58.2 Å². The Kier molecular flexibility index (Phi) is 8.22. The second-order valence-electron chi connectivity index (χ2n) is 7.53. The van der Waals surface area contributed by atoms with Crippen LogP contribution in [0.2, 0.25) is 20.1 Å². The predicted octanol–water partition coefficient (Wildman–Crippen LogP) is 8.04. The summed E-state index contributed by atoms with van der Waals surface area (Å²) in [6.45, 7) is 2.33. The number of ether oxygens (including phenoxy) is 1. The molecule has 34 heavy (non-hydrogen) atoms. The molecule has 1 aliphatic heterocycles. The first-order valence-corrected chi connectivity index (χ1v) is 12.8. The topological polar surface area (TPSA) is 50.4 Å². The highest BCUT2D eigenvalue weighted by Gasteiger charge is 2.27. The third-order valence-corrected chi connectivity index (χ3v) is 7.41. The first-order chi connectivity index (χ1) is 16.3. The van der Waals surface area contributed by atoms with Crippen LogP contribution in [0.1, 0.15) is 23.6 Å². The number of hydrogen-bond acceptors (Lipinski definition) is 4. The van der Waals surface area contributed by atoms with Gasteiger partial charge in [0.25, 0.3) is 5.91 Å². The third-order valence-electron chi connectivity index (χ3n) is 5.08. The number of hydrogen-bond donors (Lipinski definition) is 2. The van der Waals surface area contributed by atoms with Gasteiger partial charge in [-0.25, -0.2) is 0 Å². The van der Waals surface area contributed by atoms with E-state index in [1.165, 1.54) is 17.3 Å². The standard InChI is InChI=1S/C25H20Cl4N2O2S/c1-2-14-3-6-17(7-4-14)30-25-31-24(32)22(34-25)12-16-10-20(28)23(21(29)11-16)33-13-15-5-8-18(26)19(27)9-15/h3-12,25,30H,2,13H2,1H3,(H,31,32)/b22-12-/t25-/m0/s1. The molecule has 0 saturated carbocycles. The first-order valence-electron chi connectivity index (χ1n) is 10.4. The minimum atomic E-state index is -0.272. The Bertz CT molecular complexity index is 1230. The fourth-order valence-electron chi connectivity index (χ4n) is 3.29. The molecule has 0 aromatic heterocycles. The zero-order chi connectivity index (χ0) is 24.2. The maximum atomic E-state index is 12.5. The number of carbonyl (C=O) groups excluding carboxylic acids is 1. The van der Waals surface area contributed by atoms with Crippen molar-refractivity contribution in [2.75, 3.05) is 5.32 Å². The van der Waals surface area contributed by atoms with Crippen molar-refractivity contribution in [2.45, 2.75) is 25.4 Å². The van der Waals surface area contributed by atoms with Gasteiger partial charge in [0.15, 0.2) is 11.2 Å². The highest BCUT2D eigenvalue weighted by molar-refractivity contribution is 8.05. The summed E-state index contributed by atoms with van der Waals surface area (Å²) < 4.78 is 5.81. The number of carbonyl (C=O) groups is 1. The van der Waals surface area contributed by atoms with E-state index in [2.05, 4.69) is 29.7 Å². The van der Waals surface area contributed by atoms with Gasteiger partial charge in [-0.2, -0.15) is 0 Å². The quantitative estimate of drug-likeness (QED) is 0.291. The number of aryl methyl sites for hydroxylation is 1. The summed E-state index contributed by atoms with van der Waals surface area (Å²) >= 11 is 26.3. The molecule has 1 fully saturated rings. The second-order valence-corrected chi connectivity index (χ2v) is 10.3. The molecule has 176 valence electrons. The molecule has 0 bridgehead atoms. The van der Waals surface area contributed by atoms with Crippen molar-refractivity contribution in [3.8, 4) is 5.75 Å². The van der Waals surface area contributed by atoms with Gasteiger partial charge in [0.1, 0.15) is 6.61 Å². The van der Waals surface area contributed by atoms with E-state index in [0.29, 0.717) is 36.3 Å². The molecule has 1 aliphatic rings. The van der Waals surface area contributed by atoms with Crippen LogP contribution in [0.15, 0.2) is 59.5 Å². The largest absolute Gasteiger partial charge is 0.486 e. The van der Waals surface area contributed by atoms with Gasteiger partial charge in [-0.3, -0.25) is 4.79 Å². The van der Waals surface area contributed by atoms with Crippen LogP contribution in [0.4, 0.5) is 5.69 Å². The molecule has 3 aromatic rings. The summed E-state index contributed by atoms with van der Waals surface area (Å²) in [7, 11) is 0. The average molecular weight is 554 g/mol. The van der Waals surface area contributed by atoms with Gasteiger partial charge in [0.2, 0.25) is 0 Å². The molecule has 2 N–H and O–H groups in total. The second kappa shape index (κ2) is 11.1. The zero-order valence-electron chi connectivity index (χ0n) is 18.0. The van der Waals surface area contributed by atoms with E-state index in [-0.39, 0.29) is 18.0 Å². The lowest BCUT2D eigenvalue weighted by Crippen LogP contribution is -2.30. The van der Waals surface area contributed by atoms with Crippen LogP contribution in [0.25, 0.3) is 6.08 Å². The molecule has 4 nitrogen and oxygen atoms in total. The van der Waals surface area contributed by atoms with E-state index in [0.717, 1.165) is 17.7 Å². The van der Waals surface area contributed by atoms with Crippen LogP contribution in [-0.4, -0.2) is 11.4 Å². The van der Waals surface area contributed by atoms with Crippen molar-refractivity contribution in [3.05, 3.63) is 96.3 Å². The van der Waals surface area contributed by atoms with E-state index < -0.39 is 0 Å². The summed E-state index contributed by atoms with van der Waals surface area (Å²) in [6, 6.07) is 16.8. The minimum absolute atomic E-state index is 0.167. The fourth-order valence-corrected chi connectivity index (χ4v) is 5.21. The Hall–Kier alpha value is -2.02. The SMILES string of the molecule is CCc1ccc(N[C@H]2NC(=O)/C(=C/c3cc(Cl)c(OCc4ccc(Cl)c(Cl)c4)c(Cl)c3)S2)cc1. The molecule has 3 aromatic carbocycles. The number of halogens is 4. The van der Waals surface area contributed by atoms with Crippen molar-refractivity contribution in [1.29, 1.82) is 0 Å². The Morgan fingerprint density at radius 2 is 1.62 bits per heavy atom. The zero-order valence-corrected chi connectivity index (χ0v) is 21.8. The summed E-state index contributed by atoms with van der Waals surface area (Å²) in [5, 5.41) is 7.83. The van der Waals surface area contributed by atoms with E-state index in [1.54, 1.807) is 30.3 Å². The molecule has 0 spiro atoms. The summed E-state index contributed by atoms with van der Waals surface area (Å²) in [5.41, 5.74) is 3.45. The van der Waals surface area contributed by atoms with Crippen molar-refractivity contribution in [1.82, 2.24) is 5.32 Å². The summed E-state index contributed by atoms with van der Waals surface area (Å²) in [4.78, 5) is 13.0. The molecule has 0 aliphatic carbocycles. The molecule has 0 unspecified atom stereocenters. The summed E-state index contributed by atoms with van der Waals surface area (Å²) in [6.07, 6.45) is 2.73. The van der Waals surface area contributed by atoms with Gasteiger partial charge < -0.3 is 15.4 Å². The lowest BCUT2D eigenvalue weighted by atomic mass is 10.1. The number of nitrogens with one attached hydrogen (secondary N) is 2. The molecule has 4 rings (SSSR count). The monoisotopic (exact) mass is 552 g/mol. The highest BCUT2D eigenvalue weighted by atomic mass is 35.5. The number of thioether (sulfide) groups is 1. The van der Waals surface area contributed by atoms with Gasteiger partial charge in [-0.1, -0.05) is 83.3 Å². The van der Waals surface area contributed by atoms with Crippen LogP contribution in [-0.2, 0) is 17.8 Å². The minimum Gasteiger partial charge on any atom is -0.486 e. The normalized spacial score (nSPS) is 16.6. The highest BCUT2D eigenvalue weighted by Crippen LogP contribution is 2.37. The third kappa shape index (κ3) is 6.15. The molecular weight excluding hydrogens is 534 g/mol. The molecular formula is C25H20Cl4N2O2S. The Morgan fingerprint density at radius 3 is 2.26 bits per heavy atom. The molecule has 1 saturated heterocycles. The molecule has 1 atom stereocenters. The van der Waals surface area contributed by atoms with E-state index >= 15 is 0 Å². The van der Waals surface area contributed by atoms with E-state index in [9.17, 15) is 4.79 Å². The lowest BCUT2D eigenvalue weighted by Gasteiger charge is -2.13. The molecule has 9 heteroatoms. The number of benzene rings is 3. The lowest BCUT2D eigenvalue weighted by molar-refractivity contribution is -0.116.